The number of hydrogen-bond acceptors (Lipinski definition) is 4. The van der Waals surface area contributed by atoms with Gasteiger partial charge in [0, 0.05) is 40.4 Å². The van der Waals surface area contributed by atoms with Crippen molar-refractivity contribution in [2.75, 3.05) is 5.73 Å². The second kappa shape index (κ2) is 6.60. The Kier molecular flexibility index (Phi) is 4.35. The average Bonchev–Trinajstić information content (AvgIpc) is 2.62. The molecule has 120 valence electrons. The monoisotopic (exact) mass is 321 g/mol. The number of hydrogen-bond donors (Lipinski definition) is 3. The van der Waals surface area contributed by atoms with Crippen LogP contribution in [-0.2, 0) is 6.61 Å². The van der Waals surface area contributed by atoms with Gasteiger partial charge in [-0.25, -0.2) is 4.39 Å². The van der Waals surface area contributed by atoms with E-state index >= 15 is 0 Å². The van der Waals surface area contributed by atoms with E-state index in [1.165, 1.54) is 12.3 Å². The minimum Gasteiger partial charge on any atom is -0.398 e. The van der Waals surface area contributed by atoms with E-state index in [4.69, 9.17) is 11.1 Å². The first-order valence-electron chi connectivity index (χ1n) is 7.39. The predicted molar refractivity (Wildman–Crippen MR) is 93.3 cm³/mol. The average molecular weight is 321 g/mol. The van der Waals surface area contributed by atoms with Gasteiger partial charge >= 0.3 is 0 Å². The van der Waals surface area contributed by atoms with Gasteiger partial charge < -0.3 is 16.2 Å². The van der Waals surface area contributed by atoms with Gasteiger partial charge in [-0.1, -0.05) is 12.1 Å². The summed E-state index contributed by atoms with van der Waals surface area (Å²) in [6, 6.07) is 13.7. The van der Waals surface area contributed by atoms with Crippen molar-refractivity contribution >= 4 is 11.9 Å². The molecule has 0 saturated carbocycles. The third-order valence-corrected chi connectivity index (χ3v) is 3.85. The quantitative estimate of drug-likeness (QED) is 0.507. The first kappa shape index (κ1) is 15.8. The Morgan fingerprint density at radius 2 is 1.92 bits per heavy atom. The zero-order chi connectivity index (χ0) is 17.1. The largest absolute Gasteiger partial charge is 0.398 e. The number of anilines is 1. The smallest absolute Gasteiger partial charge is 0.128 e. The summed E-state index contributed by atoms with van der Waals surface area (Å²) >= 11 is 0. The number of aromatic nitrogens is 1. The summed E-state index contributed by atoms with van der Waals surface area (Å²) in [5, 5.41) is 16.7. The molecule has 0 aliphatic carbocycles. The van der Waals surface area contributed by atoms with Crippen molar-refractivity contribution in [1.29, 1.82) is 5.41 Å². The molecular formula is C19H16FN3O. The molecule has 3 rings (SSSR count). The fourth-order valence-corrected chi connectivity index (χ4v) is 2.58. The SMILES string of the molecule is N=Cc1cc(-c2cccnc2-c2ccc(F)c(CO)c2)ccc1N. The van der Waals surface area contributed by atoms with E-state index in [9.17, 15) is 9.50 Å². The van der Waals surface area contributed by atoms with Gasteiger partial charge in [-0.3, -0.25) is 4.98 Å². The van der Waals surface area contributed by atoms with Crippen LogP contribution in [0.25, 0.3) is 22.4 Å². The summed E-state index contributed by atoms with van der Waals surface area (Å²) in [5.41, 5.74) is 10.3. The van der Waals surface area contributed by atoms with Crippen LogP contribution in [0.4, 0.5) is 10.1 Å². The molecule has 1 aromatic heterocycles. The highest BCUT2D eigenvalue weighted by molar-refractivity contribution is 5.89. The summed E-state index contributed by atoms with van der Waals surface area (Å²) in [6.45, 7) is -0.373. The molecule has 0 aliphatic rings. The van der Waals surface area contributed by atoms with Gasteiger partial charge in [0.2, 0.25) is 0 Å². The molecule has 0 spiro atoms. The fraction of sp³-hybridized carbons (Fsp3) is 0.0526. The lowest BCUT2D eigenvalue weighted by molar-refractivity contribution is 0.276. The van der Waals surface area contributed by atoms with Gasteiger partial charge in [-0.05, 0) is 42.0 Å². The van der Waals surface area contributed by atoms with E-state index in [1.54, 1.807) is 24.4 Å². The van der Waals surface area contributed by atoms with E-state index in [2.05, 4.69) is 4.98 Å². The summed E-state index contributed by atoms with van der Waals surface area (Å²) in [6.07, 6.45) is 2.87. The summed E-state index contributed by atoms with van der Waals surface area (Å²) in [5.74, 6) is -0.447. The molecule has 3 aromatic rings. The highest BCUT2D eigenvalue weighted by atomic mass is 19.1. The third-order valence-electron chi connectivity index (χ3n) is 3.85. The number of pyridine rings is 1. The molecule has 0 saturated heterocycles. The van der Waals surface area contributed by atoms with E-state index in [1.807, 2.05) is 24.3 Å². The molecular weight excluding hydrogens is 305 g/mol. The molecule has 1 heterocycles. The maximum atomic E-state index is 13.6. The van der Waals surface area contributed by atoms with Crippen LogP contribution in [0.1, 0.15) is 11.1 Å². The second-order valence-corrected chi connectivity index (χ2v) is 5.35. The Labute approximate surface area is 138 Å². The van der Waals surface area contributed by atoms with Crippen molar-refractivity contribution < 1.29 is 9.50 Å². The maximum Gasteiger partial charge on any atom is 0.128 e. The Bertz CT molecular complexity index is 909. The van der Waals surface area contributed by atoms with Crippen LogP contribution in [-0.4, -0.2) is 16.3 Å². The number of halogens is 1. The molecule has 0 bridgehead atoms. The first-order chi connectivity index (χ1) is 11.6. The number of benzene rings is 2. The third kappa shape index (κ3) is 2.89. The first-order valence-corrected chi connectivity index (χ1v) is 7.39. The van der Waals surface area contributed by atoms with Crippen LogP contribution >= 0.6 is 0 Å². The minimum absolute atomic E-state index is 0.224. The molecule has 0 atom stereocenters. The van der Waals surface area contributed by atoms with Crippen molar-refractivity contribution in [3.05, 3.63) is 71.7 Å². The van der Waals surface area contributed by atoms with Crippen LogP contribution in [0.2, 0.25) is 0 Å². The number of aliphatic hydroxyl groups excluding tert-OH is 1. The summed E-state index contributed by atoms with van der Waals surface area (Å²) in [7, 11) is 0. The van der Waals surface area contributed by atoms with Crippen molar-refractivity contribution in [3.8, 4) is 22.4 Å². The van der Waals surface area contributed by atoms with Gasteiger partial charge in [-0.15, -0.1) is 0 Å². The zero-order valence-corrected chi connectivity index (χ0v) is 12.8. The highest BCUT2D eigenvalue weighted by Gasteiger charge is 2.12. The fourth-order valence-electron chi connectivity index (χ4n) is 2.58. The molecule has 2 aromatic carbocycles. The topological polar surface area (TPSA) is 83.0 Å². The normalized spacial score (nSPS) is 10.6. The van der Waals surface area contributed by atoms with Crippen molar-refractivity contribution in [2.24, 2.45) is 0 Å². The molecule has 24 heavy (non-hydrogen) atoms. The lowest BCUT2D eigenvalue weighted by atomic mass is 9.96. The van der Waals surface area contributed by atoms with Crippen LogP contribution in [0, 0.1) is 11.2 Å². The van der Waals surface area contributed by atoms with E-state index in [-0.39, 0.29) is 12.2 Å². The molecule has 0 unspecified atom stereocenters. The Balaban J connectivity index is 2.17. The molecule has 5 heteroatoms. The van der Waals surface area contributed by atoms with Crippen molar-refractivity contribution in [1.82, 2.24) is 4.98 Å². The van der Waals surface area contributed by atoms with Crippen LogP contribution in [0.3, 0.4) is 0 Å². The van der Waals surface area contributed by atoms with E-state index in [0.717, 1.165) is 11.1 Å². The van der Waals surface area contributed by atoms with Crippen molar-refractivity contribution in [2.45, 2.75) is 6.61 Å². The van der Waals surface area contributed by atoms with Crippen LogP contribution in [0.5, 0.6) is 0 Å². The Morgan fingerprint density at radius 1 is 1.12 bits per heavy atom. The zero-order valence-electron chi connectivity index (χ0n) is 12.8. The lowest BCUT2D eigenvalue weighted by Crippen LogP contribution is -1.96. The number of nitrogens with zero attached hydrogens (tertiary/aromatic N) is 1. The second-order valence-electron chi connectivity index (χ2n) is 5.35. The molecule has 0 amide bonds. The number of rotatable bonds is 4. The predicted octanol–water partition coefficient (Wildman–Crippen LogP) is 3.63. The van der Waals surface area contributed by atoms with Gasteiger partial charge in [0.15, 0.2) is 0 Å². The van der Waals surface area contributed by atoms with Gasteiger partial charge in [0.05, 0.1) is 12.3 Å². The molecule has 0 aliphatic heterocycles. The van der Waals surface area contributed by atoms with E-state index in [0.29, 0.717) is 22.5 Å². The minimum atomic E-state index is -0.447. The van der Waals surface area contributed by atoms with Crippen LogP contribution < -0.4 is 5.73 Å². The highest BCUT2D eigenvalue weighted by Crippen LogP contribution is 2.32. The number of nitrogen functional groups attached to an aromatic ring is 1. The molecule has 0 radical (unpaired) electrons. The van der Waals surface area contributed by atoms with E-state index < -0.39 is 5.82 Å². The summed E-state index contributed by atoms with van der Waals surface area (Å²) in [4.78, 5) is 4.42. The molecule has 4 N–H and O–H groups in total. The summed E-state index contributed by atoms with van der Waals surface area (Å²) < 4.78 is 13.6. The maximum absolute atomic E-state index is 13.6. The standard InChI is InChI=1S/C19H16FN3O/c20-17-5-3-13(9-15(17)11-24)19-16(2-1-7-23-19)12-4-6-18(22)14(8-12)10-21/h1-10,21,24H,11,22H2. The molecule has 0 fully saturated rings. The van der Waals surface area contributed by atoms with Crippen molar-refractivity contribution in [3.63, 3.8) is 0 Å². The number of aliphatic hydroxyl groups is 1. The van der Waals surface area contributed by atoms with Gasteiger partial charge in [0.1, 0.15) is 5.82 Å². The van der Waals surface area contributed by atoms with Crippen LogP contribution in [0.15, 0.2) is 54.7 Å². The Morgan fingerprint density at radius 3 is 2.67 bits per heavy atom. The van der Waals surface area contributed by atoms with Gasteiger partial charge in [0.25, 0.3) is 0 Å². The van der Waals surface area contributed by atoms with Gasteiger partial charge in [-0.2, -0.15) is 0 Å². The molecule has 4 nitrogen and oxygen atoms in total. The Hall–Kier alpha value is -3.05. The number of nitrogens with one attached hydrogen (secondary N) is 1. The lowest BCUT2D eigenvalue weighted by Gasteiger charge is -2.11. The number of nitrogens with two attached hydrogens (primary N) is 1.